The van der Waals surface area contributed by atoms with Gasteiger partial charge >= 0.3 is 18.1 Å². The first-order valence-corrected chi connectivity index (χ1v) is 12.3. The molecule has 0 spiro atoms. The molecule has 0 aliphatic carbocycles. The highest BCUT2D eigenvalue weighted by Gasteiger charge is 2.38. The summed E-state index contributed by atoms with van der Waals surface area (Å²) in [6, 6.07) is 4.74. The van der Waals surface area contributed by atoms with E-state index in [1.54, 1.807) is 6.92 Å². The second-order valence-electron chi connectivity index (χ2n) is 7.97. The predicted octanol–water partition coefficient (Wildman–Crippen LogP) is 4.43. The number of carboxylic acid groups (broad SMARTS) is 2. The molecule has 1 aliphatic rings. The number of aliphatic carboxylic acids is 1. The lowest BCUT2D eigenvalue weighted by Gasteiger charge is -2.27. The van der Waals surface area contributed by atoms with Crippen molar-refractivity contribution < 1.29 is 45.8 Å². The third kappa shape index (κ3) is 8.07. The number of sulfonamides is 1. The summed E-state index contributed by atoms with van der Waals surface area (Å²) in [5.74, 6) is -4.28. The third-order valence-corrected chi connectivity index (χ3v) is 6.71. The lowest BCUT2D eigenvalue weighted by Crippen LogP contribution is -2.29. The number of rotatable bonds is 5. The summed E-state index contributed by atoms with van der Waals surface area (Å²) in [6.45, 7) is 2.97. The summed E-state index contributed by atoms with van der Waals surface area (Å²) in [5, 5.41) is 16.8. The number of nitrogens with zero attached hydrogens (tertiary/aromatic N) is 2. The Morgan fingerprint density at radius 3 is 2.11 bits per heavy atom. The topological polar surface area (TPSA) is 137 Å². The van der Waals surface area contributed by atoms with Gasteiger partial charge in [0, 0.05) is 13.1 Å². The fraction of sp³-hybridized carbons (Fsp3) is 0.409. The SMILES string of the molecule is Cc1ccc(F)cc1S(=O)(=O)Nc1cnc(N2CCCCCCC2)c(C(=O)O)c1.O=C(O)C(F)(F)F. The molecule has 1 fully saturated rings. The van der Waals surface area contributed by atoms with Crippen molar-refractivity contribution >= 4 is 33.5 Å². The van der Waals surface area contributed by atoms with Gasteiger partial charge in [0.2, 0.25) is 0 Å². The van der Waals surface area contributed by atoms with Gasteiger partial charge < -0.3 is 15.1 Å². The number of carboxylic acids is 2. The number of hydrogen-bond donors (Lipinski definition) is 3. The van der Waals surface area contributed by atoms with Crippen molar-refractivity contribution in [2.75, 3.05) is 22.7 Å². The molecule has 0 amide bonds. The fourth-order valence-corrected chi connectivity index (χ4v) is 4.75. The van der Waals surface area contributed by atoms with Crippen LogP contribution >= 0.6 is 0 Å². The van der Waals surface area contributed by atoms with E-state index in [2.05, 4.69) is 9.71 Å². The van der Waals surface area contributed by atoms with Crippen molar-refractivity contribution in [2.45, 2.75) is 50.1 Å². The van der Waals surface area contributed by atoms with Gasteiger partial charge in [-0.1, -0.05) is 25.3 Å². The molecule has 0 atom stereocenters. The molecule has 3 rings (SSSR count). The van der Waals surface area contributed by atoms with E-state index >= 15 is 0 Å². The zero-order chi connectivity index (χ0) is 27.1. The lowest BCUT2D eigenvalue weighted by molar-refractivity contribution is -0.192. The van der Waals surface area contributed by atoms with Gasteiger partial charge in [0.05, 0.1) is 16.8 Å². The van der Waals surface area contributed by atoms with Crippen LogP contribution in [0.15, 0.2) is 35.4 Å². The molecule has 0 radical (unpaired) electrons. The van der Waals surface area contributed by atoms with Crippen LogP contribution in [0.4, 0.5) is 29.1 Å². The molecule has 3 N–H and O–H groups in total. The van der Waals surface area contributed by atoms with E-state index in [1.807, 2.05) is 4.90 Å². The second kappa shape index (κ2) is 12.0. The summed E-state index contributed by atoms with van der Waals surface area (Å²) in [7, 11) is -4.09. The first-order chi connectivity index (χ1) is 16.7. The normalized spacial score (nSPS) is 14.6. The van der Waals surface area contributed by atoms with Gasteiger partial charge in [-0.15, -0.1) is 0 Å². The average Bonchev–Trinajstić information content (AvgIpc) is 2.75. The van der Waals surface area contributed by atoms with Crippen molar-refractivity contribution in [1.82, 2.24) is 4.98 Å². The van der Waals surface area contributed by atoms with E-state index < -0.39 is 34.0 Å². The number of halogens is 4. The van der Waals surface area contributed by atoms with Gasteiger partial charge in [-0.05, 0) is 43.5 Å². The number of pyridine rings is 1. The quantitative estimate of drug-likeness (QED) is 0.478. The standard InChI is InChI=1S/C20H24FN3O4S.C2HF3O2/c1-14-7-8-15(21)11-18(14)29(27,28)23-16-12-17(20(25)26)19(22-13-16)24-9-5-3-2-4-6-10-24;3-2(4,5)1(6)7/h7-8,11-13,23H,2-6,9-10H2,1H3,(H,25,26);(H,6,7). The number of carbonyl (C=O) groups is 2. The van der Waals surface area contributed by atoms with Gasteiger partial charge in [-0.25, -0.2) is 27.4 Å². The average molecular weight is 536 g/mol. The molecule has 14 heteroatoms. The molecule has 1 aromatic carbocycles. The van der Waals surface area contributed by atoms with Crippen LogP contribution in [0.2, 0.25) is 0 Å². The van der Waals surface area contributed by atoms with Crippen LogP contribution in [0.1, 0.15) is 48.0 Å². The molecule has 1 aliphatic heterocycles. The first kappa shape index (κ1) is 28.8. The highest BCUT2D eigenvalue weighted by Crippen LogP contribution is 2.26. The Hall–Kier alpha value is -3.42. The predicted molar refractivity (Wildman–Crippen MR) is 122 cm³/mol. The van der Waals surface area contributed by atoms with E-state index in [-0.39, 0.29) is 16.1 Å². The number of anilines is 2. The van der Waals surface area contributed by atoms with Crippen LogP contribution in [0.5, 0.6) is 0 Å². The molecule has 36 heavy (non-hydrogen) atoms. The number of benzene rings is 1. The monoisotopic (exact) mass is 535 g/mol. The Morgan fingerprint density at radius 1 is 1.03 bits per heavy atom. The fourth-order valence-electron chi connectivity index (χ4n) is 3.46. The van der Waals surface area contributed by atoms with Gasteiger partial charge in [-0.3, -0.25) is 4.72 Å². The van der Waals surface area contributed by atoms with Crippen molar-refractivity contribution in [2.24, 2.45) is 0 Å². The van der Waals surface area contributed by atoms with Crippen molar-refractivity contribution in [3.05, 3.63) is 47.4 Å². The largest absolute Gasteiger partial charge is 0.490 e. The third-order valence-electron chi connectivity index (χ3n) is 5.19. The van der Waals surface area contributed by atoms with Crippen molar-refractivity contribution in [1.29, 1.82) is 0 Å². The minimum Gasteiger partial charge on any atom is -0.478 e. The Labute approximate surface area is 204 Å². The van der Waals surface area contributed by atoms with Gasteiger partial charge in [0.15, 0.2) is 0 Å². The molecule has 1 aromatic heterocycles. The number of aryl methyl sites for hydroxylation is 1. The zero-order valence-electron chi connectivity index (χ0n) is 19.2. The van der Waals surface area contributed by atoms with Crippen molar-refractivity contribution in [3.63, 3.8) is 0 Å². The van der Waals surface area contributed by atoms with Crippen LogP contribution in [0.3, 0.4) is 0 Å². The lowest BCUT2D eigenvalue weighted by atomic mass is 10.1. The van der Waals surface area contributed by atoms with E-state index in [0.29, 0.717) is 24.5 Å². The van der Waals surface area contributed by atoms with Crippen LogP contribution in [-0.4, -0.2) is 54.8 Å². The Balaban J connectivity index is 0.000000572. The number of hydrogen-bond acceptors (Lipinski definition) is 6. The number of nitrogens with one attached hydrogen (secondary N) is 1. The van der Waals surface area contributed by atoms with Crippen molar-refractivity contribution in [3.8, 4) is 0 Å². The molecule has 198 valence electrons. The summed E-state index contributed by atoms with van der Waals surface area (Å²) < 4.78 is 72.9. The van der Waals surface area contributed by atoms with Gasteiger partial charge in [-0.2, -0.15) is 13.2 Å². The van der Waals surface area contributed by atoms with Gasteiger partial charge in [0.25, 0.3) is 10.0 Å². The van der Waals surface area contributed by atoms with Gasteiger partial charge in [0.1, 0.15) is 17.2 Å². The highest BCUT2D eigenvalue weighted by atomic mass is 32.2. The number of alkyl halides is 3. The van der Waals surface area contributed by atoms with Crippen LogP contribution < -0.4 is 9.62 Å². The van der Waals surface area contributed by atoms with E-state index in [0.717, 1.165) is 31.7 Å². The Morgan fingerprint density at radius 2 is 1.58 bits per heavy atom. The molecule has 0 saturated carbocycles. The smallest absolute Gasteiger partial charge is 0.478 e. The summed E-state index contributed by atoms with van der Waals surface area (Å²) in [4.78, 5) is 26.7. The molecule has 2 aromatic rings. The molecular weight excluding hydrogens is 510 g/mol. The maximum Gasteiger partial charge on any atom is 0.490 e. The number of aromatic carboxylic acids is 1. The van der Waals surface area contributed by atoms with E-state index in [1.165, 1.54) is 30.8 Å². The summed E-state index contributed by atoms with van der Waals surface area (Å²) >= 11 is 0. The summed E-state index contributed by atoms with van der Waals surface area (Å²) in [5.41, 5.74) is 0.325. The van der Waals surface area contributed by atoms with Crippen LogP contribution in [0.25, 0.3) is 0 Å². The van der Waals surface area contributed by atoms with Crippen LogP contribution in [-0.2, 0) is 14.8 Å². The van der Waals surface area contributed by atoms with E-state index in [4.69, 9.17) is 9.90 Å². The molecular formula is C22H25F4N3O6S. The van der Waals surface area contributed by atoms with Crippen LogP contribution in [0, 0.1) is 12.7 Å². The molecule has 1 saturated heterocycles. The maximum atomic E-state index is 13.5. The highest BCUT2D eigenvalue weighted by molar-refractivity contribution is 7.92. The Bertz CT molecular complexity index is 1200. The molecule has 0 bridgehead atoms. The first-order valence-electron chi connectivity index (χ1n) is 10.8. The minimum atomic E-state index is -5.08. The molecule has 0 unspecified atom stereocenters. The Kier molecular flexibility index (Phi) is 9.62. The zero-order valence-corrected chi connectivity index (χ0v) is 20.0. The number of aromatic nitrogens is 1. The van der Waals surface area contributed by atoms with E-state index in [9.17, 15) is 35.9 Å². The maximum absolute atomic E-state index is 13.5. The minimum absolute atomic E-state index is 0.0156. The second-order valence-corrected chi connectivity index (χ2v) is 9.62. The molecule has 9 nitrogen and oxygen atoms in total. The summed E-state index contributed by atoms with van der Waals surface area (Å²) in [6.07, 6.45) is 1.47. The molecule has 2 heterocycles.